The third-order valence-electron chi connectivity index (χ3n) is 8.61. The van der Waals surface area contributed by atoms with Crippen LogP contribution in [0.25, 0.3) is 11.1 Å². The van der Waals surface area contributed by atoms with Crippen molar-refractivity contribution in [3.8, 4) is 11.1 Å². The molecule has 5 aromatic rings. The standard InChI is InChI=1S/C44H47NO3S/c1-5-45(40-30-28-35(29-31-40)34-19-10-6-11-20-34)42(47)36(33-41(46)48-43(2,3)4)21-18-32-49-44(37-22-12-7-13-23-37,38-24-14-8-15-25-38)39-26-16-9-17-27-39/h6-17,19-20,22-31,36H,5,18,21,32-33H2,1-4H3. The second-order valence-corrected chi connectivity index (χ2v) is 14.6. The first-order chi connectivity index (χ1) is 23.7. The van der Waals surface area contributed by atoms with Crippen LogP contribution in [0.3, 0.4) is 0 Å². The molecule has 252 valence electrons. The molecule has 0 aliphatic carbocycles. The number of carbonyl (C=O) groups excluding carboxylic acids is 2. The van der Waals surface area contributed by atoms with Gasteiger partial charge in [-0.05, 0) is 86.2 Å². The van der Waals surface area contributed by atoms with E-state index < -0.39 is 16.3 Å². The summed E-state index contributed by atoms with van der Waals surface area (Å²) >= 11 is 1.88. The molecule has 0 N–H and O–H groups in total. The lowest BCUT2D eigenvalue weighted by molar-refractivity contribution is -0.157. The summed E-state index contributed by atoms with van der Waals surface area (Å²) in [6.07, 6.45) is 1.36. The number of benzene rings is 5. The van der Waals surface area contributed by atoms with E-state index in [1.54, 1.807) is 4.90 Å². The van der Waals surface area contributed by atoms with Crippen LogP contribution in [0.2, 0.25) is 0 Å². The molecule has 4 nitrogen and oxygen atoms in total. The largest absolute Gasteiger partial charge is 0.460 e. The fourth-order valence-electron chi connectivity index (χ4n) is 6.37. The molecule has 5 aromatic carbocycles. The molecule has 1 atom stereocenters. The van der Waals surface area contributed by atoms with E-state index in [-0.39, 0.29) is 18.3 Å². The molecule has 5 rings (SSSR count). The van der Waals surface area contributed by atoms with E-state index in [4.69, 9.17) is 4.74 Å². The Kier molecular flexibility index (Phi) is 12.1. The van der Waals surface area contributed by atoms with Crippen molar-refractivity contribution in [1.29, 1.82) is 0 Å². The monoisotopic (exact) mass is 669 g/mol. The summed E-state index contributed by atoms with van der Waals surface area (Å²) in [6, 6.07) is 50.2. The number of carbonyl (C=O) groups is 2. The van der Waals surface area contributed by atoms with E-state index in [1.807, 2.05) is 69.8 Å². The molecule has 0 saturated heterocycles. The first-order valence-corrected chi connectivity index (χ1v) is 18.2. The fourth-order valence-corrected chi connectivity index (χ4v) is 7.90. The van der Waals surface area contributed by atoms with Gasteiger partial charge in [0.15, 0.2) is 0 Å². The average Bonchev–Trinajstić information content (AvgIpc) is 3.12. The average molecular weight is 670 g/mol. The number of rotatable bonds is 14. The summed E-state index contributed by atoms with van der Waals surface area (Å²) in [5, 5.41) is 0. The van der Waals surface area contributed by atoms with Gasteiger partial charge >= 0.3 is 5.97 Å². The zero-order valence-electron chi connectivity index (χ0n) is 29.0. The molecule has 1 unspecified atom stereocenters. The minimum Gasteiger partial charge on any atom is -0.460 e. The Bertz CT molecular complexity index is 1660. The van der Waals surface area contributed by atoms with Crippen molar-refractivity contribution in [3.63, 3.8) is 0 Å². The van der Waals surface area contributed by atoms with Gasteiger partial charge < -0.3 is 9.64 Å². The highest BCUT2D eigenvalue weighted by Gasteiger charge is 2.37. The quantitative estimate of drug-likeness (QED) is 0.0671. The molecule has 0 aromatic heterocycles. The normalized spacial score (nSPS) is 12.2. The van der Waals surface area contributed by atoms with Gasteiger partial charge in [0, 0.05) is 18.2 Å². The molecule has 49 heavy (non-hydrogen) atoms. The minimum atomic E-state index is -0.626. The van der Waals surface area contributed by atoms with Gasteiger partial charge in [-0.25, -0.2) is 0 Å². The highest BCUT2D eigenvalue weighted by Crippen LogP contribution is 2.48. The SMILES string of the molecule is CCN(C(=O)C(CCCSC(c1ccccc1)(c1ccccc1)c1ccccc1)CC(=O)OC(C)(C)C)c1ccc(-c2ccccc2)cc1. The van der Waals surface area contributed by atoms with Crippen LogP contribution in [0.1, 0.15) is 63.6 Å². The fraction of sp³-hybridized carbons (Fsp3) is 0.273. The predicted octanol–water partition coefficient (Wildman–Crippen LogP) is 10.6. The molecule has 0 bridgehead atoms. The molecule has 0 fully saturated rings. The first kappa shape index (κ1) is 35.7. The maximum absolute atomic E-state index is 14.3. The lowest BCUT2D eigenvalue weighted by Gasteiger charge is -2.35. The number of hydrogen-bond acceptors (Lipinski definition) is 4. The van der Waals surface area contributed by atoms with Crippen LogP contribution in [0.5, 0.6) is 0 Å². The van der Waals surface area contributed by atoms with Crippen molar-refractivity contribution in [2.45, 2.75) is 57.3 Å². The lowest BCUT2D eigenvalue weighted by Crippen LogP contribution is -2.38. The summed E-state index contributed by atoms with van der Waals surface area (Å²) < 4.78 is 5.28. The summed E-state index contributed by atoms with van der Waals surface area (Å²) in [7, 11) is 0. The van der Waals surface area contributed by atoms with Gasteiger partial charge in [0.05, 0.1) is 11.2 Å². The van der Waals surface area contributed by atoms with Crippen molar-refractivity contribution >= 4 is 29.3 Å². The van der Waals surface area contributed by atoms with Crippen LogP contribution in [0, 0.1) is 5.92 Å². The second-order valence-electron chi connectivity index (χ2n) is 13.3. The molecule has 0 saturated carbocycles. The Hall–Kier alpha value is -4.61. The number of hydrogen-bond donors (Lipinski definition) is 0. The molecule has 1 amide bonds. The van der Waals surface area contributed by atoms with Gasteiger partial charge in [-0.3, -0.25) is 9.59 Å². The number of nitrogens with zero attached hydrogens (tertiary/aromatic N) is 1. The van der Waals surface area contributed by atoms with Crippen LogP contribution in [-0.2, 0) is 19.1 Å². The molecule has 0 heterocycles. The zero-order chi connectivity index (χ0) is 34.7. The Labute approximate surface area is 296 Å². The highest BCUT2D eigenvalue weighted by atomic mass is 32.2. The molecule has 5 heteroatoms. The Morgan fingerprint density at radius 3 is 1.55 bits per heavy atom. The number of thioether (sulfide) groups is 1. The van der Waals surface area contributed by atoms with E-state index >= 15 is 0 Å². The second kappa shape index (κ2) is 16.7. The van der Waals surface area contributed by atoms with E-state index in [0.717, 1.165) is 29.0 Å². The van der Waals surface area contributed by atoms with E-state index in [0.29, 0.717) is 13.0 Å². The number of ether oxygens (including phenoxy) is 1. The zero-order valence-corrected chi connectivity index (χ0v) is 29.9. The highest BCUT2D eigenvalue weighted by molar-refractivity contribution is 8.00. The van der Waals surface area contributed by atoms with Crippen molar-refractivity contribution in [1.82, 2.24) is 0 Å². The van der Waals surface area contributed by atoms with Crippen molar-refractivity contribution < 1.29 is 14.3 Å². The van der Waals surface area contributed by atoms with Crippen LogP contribution in [-0.4, -0.2) is 29.8 Å². The number of anilines is 1. The van der Waals surface area contributed by atoms with Crippen molar-refractivity contribution in [2.75, 3.05) is 17.2 Å². The smallest absolute Gasteiger partial charge is 0.307 e. The van der Waals surface area contributed by atoms with Gasteiger partial charge in [-0.1, -0.05) is 133 Å². The summed E-state index contributed by atoms with van der Waals surface area (Å²) in [5.41, 5.74) is 6.03. The van der Waals surface area contributed by atoms with Gasteiger partial charge in [0.1, 0.15) is 5.60 Å². The maximum atomic E-state index is 14.3. The Morgan fingerprint density at radius 1 is 0.653 bits per heavy atom. The molecule has 0 spiro atoms. The van der Waals surface area contributed by atoms with Gasteiger partial charge in [0.2, 0.25) is 5.91 Å². The molecule has 0 radical (unpaired) electrons. The molecule has 0 aliphatic heterocycles. The summed E-state index contributed by atoms with van der Waals surface area (Å²) in [4.78, 5) is 29.3. The molecular formula is C44H47NO3S. The number of esters is 1. The van der Waals surface area contributed by atoms with Crippen LogP contribution >= 0.6 is 11.8 Å². The van der Waals surface area contributed by atoms with Crippen molar-refractivity contribution in [3.05, 3.63) is 162 Å². The lowest BCUT2D eigenvalue weighted by atomic mass is 9.84. The van der Waals surface area contributed by atoms with Crippen LogP contribution in [0.4, 0.5) is 5.69 Å². The molecule has 0 aliphatic rings. The minimum absolute atomic E-state index is 0.0422. The van der Waals surface area contributed by atoms with Crippen LogP contribution < -0.4 is 4.90 Å². The Morgan fingerprint density at radius 2 is 1.10 bits per heavy atom. The number of amides is 1. The third-order valence-corrected chi connectivity index (χ3v) is 10.2. The summed E-state index contributed by atoms with van der Waals surface area (Å²) in [6.45, 7) is 8.07. The van der Waals surface area contributed by atoms with E-state index in [2.05, 4.69) is 115 Å². The third kappa shape index (κ3) is 9.10. The van der Waals surface area contributed by atoms with Crippen LogP contribution in [0.15, 0.2) is 146 Å². The van der Waals surface area contributed by atoms with Gasteiger partial charge in [-0.2, -0.15) is 0 Å². The first-order valence-electron chi connectivity index (χ1n) is 17.2. The topological polar surface area (TPSA) is 46.6 Å². The van der Waals surface area contributed by atoms with E-state index in [9.17, 15) is 9.59 Å². The van der Waals surface area contributed by atoms with Gasteiger partial charge in [-0.15, -0.1) is 11.8 Å². The summed E-state index contributed by atoms with van der Waals surface area (Å²) in [5.74, 6) is -0.120. The van der Waals surface area contributed by atoms with Gasteiger partial charge in [0.25, 0.3) is 0 Å². The van der Waals surface area contributed by atoms with E-state index in [1.165, 1.54) is 16.7 Å². The van der Waals surface area contributed by atoms with Crippen molar-refractivity contribution in [2.24, 2.45) is 5.92 Å². The Balaban J connectivity index is 1.39. The maximum Gasteiger partial charge on any atom is 0.307 e. The molecular weight excluding hydrogens is 623 g/mol. The predicted molar refractivity (Wildman–Crippen MR) is 205 cm³/mol.